The lowest BCUT2D eigenvalue weighted by Gasteiger charge is -2.68. The average molecular weight is 472 g/mol. The van der Waals surface area contributed by atoms with Crippen molar-refractivity contribution in [2.24, 2.45) is 10.8 Å². The van der Waals surface area contributed by atoms with Crippen LogP contribution >= 0.6 is 0 Å². The normalized spacial score (nSPS) is 41.8. The van der Waals surface area contributed by atoms with Crippen LogP contribution in [0.25, 0.3) is 0 Å². The lowest BCUT2D eigenvalue weighted by atomic mass is 9.39. The Bertz CT molecular complexity index is 634. The number of hydrogen-bond donors (Lipinski definition) is 0. The van der Waals surface area contributed by atoms with Crippen LogP contribution < -0.4 is 0 Å². The highest BCUT2D eigenvalue weighted by Crippen LogP contribution is 2.77. The van der Waals surface area contributed by atoms with Crippen molar-refractivity contribution in [2.45, 2.75) is 86.4 Å². The van der Waals surface area contributed by atoms with E-state index in [2.05, 4.69) is 0 Å². The molecule has 0 aromatic heterocycles. The lowest BCUT2D eigenvalue weighted by molar-refractivity contribution is -0.366. The third-order valence-corrected chi connectivity index (χ3v) is 6.56. The second kappa shape index (κ2) is 5.87. The van der Waals surface area contributed by atoms with Crippen LogP contribution in [0.3, 0.4) is 0 Å². The van der Waals surface area contributed by atoms with Gasteiger partial charge >= 0.3 is 12.4 Å². The van der Waals surface area contributed by atoms with Crippen molar-refractivity contribution in [3.63, 3.8) is 0 Å². The maximum Gasteiger partial charge on any atom is 0.425 e. The van der Waals surface area contributed by atoms with E-state index in [4.69, 9.17) is 0 Å². The van der Waals surface area contributed by atoms with E-state index in [0.717, 1.165) is 0 Å². The van der Waals surface area contributed by atoms with Gasteiger partial charge in [-0.25, -0.2) is 35.1 Å². The van der Waals surface area contributed by atoms with Gasteiger partial charge in [0, 0.05) is 17.3 Å². The summed E-state index contributed by atoms with van der Waals surface area (Å²) in [4.78, 5) is 0. The zero-order valence-corrected chi connectivity index (χ0v) is 14.7. The molecule has 4 saturated carbocycles. The Labute approximate surface area is 160 Å². The first-order valence-electron chi connectivity index (χ1n) is 8.60. The zero-order valence-electron chi connectivity index (χ0n) is 14.7. The van der Waals surface area contributed by atoms with E-state index in [1.165, 1.54) is 0 Å². The fourth-order valence-corrected chi connectivity index (χ4v) is 6.05. The van der Waals surface area contributed by atoms with Gasteiger partial charge in [0.15, 0.2) is 0 Å². The fraction of sp³-hybridized carbons (Fsp3) is 1.00. The van der Waals surface area contributed by atoms with Crippen molar-refractivity contribution >= 4 is 0 Å². The highest BCUT2D eigenvalue weighted by molar-refractivity contribution is 5.26. The molecule has 4 aliphatic rings. The molecule has 0 heterocycles. The van der Waals surface area contributed by atoms with Crippen LogP contribution in [0.15, 0.2) is 0 Å². The van der Waals surface area contributed by atoms with Crippen LogP contribution in [0, 0.1) is 10.8 Å². The largest absolute Gasteiger partial charge is 0.425 e. The van der Waals surface area contributed by atoms with Gasteiger partial charge in [-0.2, -0.15) is 26.3 Å². The number of hydrogen-bond acceptors (Lipinski definition) is 0. The van der Waals surface area contributed by atoms with E-state index in [9.17, 15) is 52.7 Å². The number of alkyl halides is 14. The predicted octanol–water partition coefficient (Wildman–Crippen LogP) is 6.83. The van der Waals surface area contributed by atoms with Crippen LogP contribution in [0.2, 0.25) is 0 Å². The highest BCUT2D eigenvalue weighted by atomic mass is 19.4. The molecule has 2 unspecified atom stereocenters. The second-order valence-corrected chi connectivity index (χ2v) is 8.98. The van der Waals surface area contributed by atoms with Gasteiger partial charge in [-0.1, -0.05) is 0 Å². The molecule has 0 radical (unpaired) electrons. The van der Waals surface area contributed by atoms with E-state index >= 15 is 8.78 Å². The van der Waals surface area contributed by atoms with Crippen molar-refractivity contribution in [2.75, 3.05) is 0 Å². The molecule has 0 spiro atoms. The van der Waals surface area contributed by atoms with Gasteiger partial charge < -0.3 is 0 Å². The third kappa shape index (κ3) is 3.08. The maximum absolute atomic E-state index is 15.1. The van der Waals surface area contributed by atoms with Crippen molar-refractivity contribution in [3.8, 4) is 0 Å². The molecular formula is C16H14F14. The second-order valence-electron chi connectivity index (χ2n) is 8.98. The van der Waals surface area contributed by atoms with Crippen molar-refractivity contribution in [1.82, 2.24) is 0 Å². The van der Waals surface area contributed by atoms with Crippen LogP contribution in [0.5, 0.6) is 0 Å². The first kappa shape index (κ1) is 23.7. The van der Waals surface area contributed by atoms with E-state index in [-0.39, 0.29) is 0 Å². The Morgan fingerprint density at radius 1 is 0.467 bits per heavy atom. The number of rotatable bonds is 4. The van der Waals surface area contributed by atoms with Crippen molar-refractivity contribution in [3.05, 3.63) is 0 Å². The van der Waals surface area contributed by atoms with Crippen LogP contribution in [0.1, 0.15) is 38.5 Å². The SMILES string of the molecule is F[C@H](C(F)(F)F)C(F)(F)C12CC3(F)CC(F)(C1)CC(C(F)(F)[C@@H](F)C(F)(F)F)(C3)C2. The standard InChI is InChI=1S/C16H14F14/c17-7(15(25,26)27)13(21,22)9-1-10(14(23,24)8(18)16(28,29)30)4-11(19,2-9)6-12(20,3-9)5-10/h7-8H,1-6H2/t7-,8+,9?,10?,11?,12?. The fourth-order valence-electron chi connectivity index (χ4n) is 6.05. The van der Waals surface area contributed by atoms with Gasteiger partial charge in [-0.15, -0.1) is 0 Å². The van der Waals surface area contributed by atoms with Crippen molar-refractivity contribution in [1.29, 1.82) is 0 Å². The van der Waals surface area contributed by atoms with Gasteiger partial charge in [-0.05, 0) is 32.1 Å². The van der Waals surface area contributed by atoms with Gasteiger partial charge in [-0.3, -0.25) is 0 Å². The minimum Gasteiger partial charge on any atom is -0.244 e. The predicted molar refractivity (Wildman–Crippen MR) is 72.0 cm³/mol. The molecule has 4 aliphatic carbocycles. The maximum atomic E-state index is 15.1. The molecule has 176 valence electrons. The van der Waals surface area contributed by atoms with E-state index in [0.29, 0.717) is 0 Å². The zero-order chi connectivity index (χ0) is 23.4. The summed E-state index contributed by atoms with van der Waals surface area (Å²) < 4.78 is 192. The summed E-state index contributed by atoms with van der Waals surface area (Å²) in [6.45, 7) is 0. The molecule has 4 rings (SSSR count). The molecule has 0 aliphatic heterocycles. The van der Waals surface area contributed by atoms with Gasteiger partial charge in [0.2, 0.25) is 0 Å². The summed E-state index contributed by atoms with van der Waals surface area (Å²) in [6, 6.07) is 0. The monoisotopic (exact) mass is 472 g/mol. The molecule has 4 bridgehead atoms. The summed E-state index contributed by atoms with van der Waals surface area (Å²) in [6.07, 6.45) is -32.5. The molecule has 14 heteroatoms. The molecular weight excluding hydrogens is 458 g/mol. The van der Waals surface area contributed by atoms with Gasteiger partial charge in [0.05, 0.1) is 0 Å². The smallest absolute Gasteiger partial charge is 0.244 e. The Hall–Kier alpha value is -0.980. The van der Waals surface area contributed by atoms with Crippen LogP contribution in [-0.2, 0) is 0 Å². The van der Waals surface area contributed by atoms with Gasteiger partial charge in [0.1, 0.15) is 11.3 Å². The van der Waals surface area contributed by atoms with E-state index in [1.807, 2.05) is 0 Å². The summed E-state index contributed by atoms with van der Waals surface area (Å²) >= 11 is 0. The molecule has 30 heavy (non-hydrogen) atoms. The molecule has 0 saturated heterocycles. The molecule has 0 nitrogen and oxygen atoms in total. The molecule has 4 fully saturated rings. The third-order valence-electron chi connectivity index (χ3n) is 6.56. The highest BCUT2D eigenvalue weighted by Gasteiger charge is 2.83. The summed E-state index contributed by atoms with van der Waals surface area (Å²) in [5.74, 6) is -11.3. The summed E-state index contributed by atoms with van der Waals surface area (Å²) in [7, 11) is 0. The minimum atomic E-state index is -6.25. The van der Waals surface area contributed by atoms with E-state index in [1.54, 1.807) is 0 Å². The molecule has 0 aromatic rings. The van der Waals surface area contributed by atoms with Crippen molar-refractivity contribution < 1.29 is 61.5 Å². The molecule has 0 aromatic carbocycles. The molecule has 0 amide bonds. The minimum absolute atomic E-state index is 1.35. The lowest BCUT2D eigenvalue weighted by Crippen LogP contribution is -2.74. The Kier molecular flexibility index (Phi) is 4.64. The molecule has 0 N–H and O–H groups in total. The topological polar surface area (TPSA) is 0 Å². The van der Waals surface area contributed by atoms with Gasteiger partial charge in [0.25, 0.3) is 24.2 Å². The average Bonchev–Trinajstić information content (AvgIpc) is 2.47. The van der Waals surface area contributed by atoms with Crippen LogP contribution in [0.4, 0.5) is 61.5 Å². The van der Waals surface area contributed by atoms with Crippen LogP contribution in [-0.4, -0.2) is 47.9 Å². The first-order chi connectivity index (χ1) is 13.1. The summed E-state index contributed by atoms with van der Waals surface area (Å²) in [5, 5.41) is 0. The van der Waals surface area contributed by atoms with E-state index < -0.39 is 97.2 Å². The Morgan fingerprint density at radius 3 is 0.967 bits per heavy atom. The first-order valence-corrected chi connectivity index (χ1v) is 8.60. The summed E-state index contributed by atoms with van der Waals surface area (Å²) in [5.41, 5.74) is -14.2. The Morgan fingerprint density at radius 2 is 0.733 bits per heavy atom. The quantitative estimate of drug-likeness (QED) is 0.394. The molecule has 4 atom stereocenters. The number of halogens is 14. The Balaban J connectivity index is 2.17.